The predicted molar refractivity (Wildman–Crippen MR) is 80.7 cm³/mol. The molecule has 0 atom stereocenters. The van der Waals surface area contributed by atoms with E-state index in [0.717, 1.165) is 11.3 Å². The molecule has 1 fully saturated rings. The van der Waals surface area contributed by atoms with Gasteiger partial charge in [-0.05, 0) is 28.1 Å². The van der Waals surface area contributed by atoms with Gasteiger partial charge in [-0.15, -0.1) is 5.10 Å². The van der Waals surface area contributed by atoms with E-state index in [0.29, 0.717) is 45.2 Å². The molecule has 1 aromatic carbocycles. The van der Waals surface area contributed by atoms with Crippen LogP contribution in [0.25, 0.3) is 0 Å². The quantitative estimate of drug-likeness (QED) is 0.783. The molecule has 1 aliphatic heterocycles. The summed E-state index contributed by atoms with van der Waals surface area (Å²) < 4.78 is 12.5. The summed E-state index contributed by atoms with van der Waals surface area (Å²) in [5.41, 5.74) is 0.967. The average molecular weight is 317 g/mol. The van der Waals surface area contributed by atoms with Crippen LogP contribution in [0, 0.1) is 0 Å². The van der Waals surface area contributed by atoms with Crippen LogP contribution in [-0.2, 0) is 29.6 Å². The predicted octanol–water partition coefficient (Wildman–Crippen LogP) is 0.190. The van der Waals surface area contributed by atoms with Crippen molar-refractivity contribution >= 4 is 5.91 Å². The Hall–Kier alpha value is -2.48. The lowest BCUT2D eigenvalue weighted by Crippen LogP contribution is -2.41. The van der Waals surface area contributed by atoms with Gasteiger partial charge in [0.05, 0.1) is 19.6 Å². The number of amides is 1. The van der Waals surface area contributed by atoms with E-state index in [9.17, 15) is 4.79 Å². The Morgan fingerprint density at radius 2 is 2.00 bits per heavy atom. The highest BCUT2D eigenvalue weighted by Gasteiger charge is 2.16. The van der Waals surface area contributed by atoms with Gasteiger partial charge in [0, 0.05) is 20.1 Å². The lowest BCUT2D eigenvalue weighted by Gasteiger charge is -2.26. The molecule has 122 valence electrons. The van der Waals surface area contributed by atoms with Crippen LogP contribution in [-0.4, -0.2) is 57.3 Å². The Morgan fingerprint density at radius 3 is 2.65 bits per heavy atom. The van der Waals surface area contributed by atoms with E-state index in [2.05, 4.69) is 15.5 Å². The number of rotatable bonds is 5. The van der Waals surface area contributed by atoms with Crippen molar-refractivity contribution in [2.24, 2.45) is 7.05 Å². The largest absolute Gasteiger partial charge is 0.486 e. The number of aromatic nitrogens is 4. The van der Waals surface area contributed by atoms with E-state index >= 15 is 0 Å². The molecule has 0 unspecified atom stereocenters. The Morgan fingerprint density at radius 1 is 1.26 bits per heavy atom. The number of tetrazole rings is 1. The molecule has 0 saturated carbocycles. The third kappa shape index (κ3) is 4.04. The number of carbonyl (C=O) groups is 1. The van der Waals surface area contributed by atoms with Gasteiger partial charge in [0.1, 0.15) is 12.4 Å². The molecule has 1 aliphatic rings. The van der Waals surface area contributed by atoms with Crippen LogP contribution in [0.3, 0.4) is 0 Å². The topological polar surface area (TPSA) is 82.4 Å². The third-order valence-electron chi connectivity index (χ3n) is 3.72. The number of benzene rings is 1. The van der Waals surface area contributed by atoms with Gasteiger partial charge in [0.15, 0.2) is 5.82 Å². The summed E-state index contributed by atoms with van der Waals surface area (Å²) in [4.78, 5) is 14.0. The zero-order valence-corrected chi connectivity index (χ0v) is 13.0. The zero-order chi connectivity index (χ0) is 16.1. The first-order valence-electron chi connectivity index (χ1n) is 7.51. The molecule has 0 radical (unpaired) electrons. The number of aryl methyl sites for hydroxylation is 1. The minimum absolute atomic E-state index is 0.132. The van der Waals surface area contributed by atoms with Crippen LogP contribution in [0.2, 0.25) is 0 Å². The summed E-state index contributed by atoms with van der Waals surface area (Å²) in [5, 5.41) is 11.2. The summed E-state index contributed by atoms with van der Waals surface area (Å²) in [5.74, 6) is 1.50. The number of hydrogen-bond donors (Lipinski definition) is 0. The van der Waals surface area contributed by atoms with E-state index in [1.165, 1.54) is 0 Å². The molecule has 1 aromatic heterocycles. The molecule has 8 nitrogen and oxygen atoms in total. The maximum atomic E-state index is 12.2. The first-order valence-corrected chi connectivity index (χ1v) is 7.51. The molecular formula is C15H19N5O3. The van der Waals surface area contributed by atoms with Crippen LogP contribution >= 0.6 is 0 Å². The number of ether oxygens (including phenoxy) is 2. The molecular weight excluding hydrogens is 298 g/mol. The highest BCUT2D eigenvalue weighted by atomic mass is 16.5. The molecule has 0 N–H and O–H groups in total. The molecule has 23 heavy (non-hydrogen) atoms. The van der Waals surface area contributed by atoms with Crippen LogP contribution in [0.15, 0.2) is 24.3 Å². The first kappa shape index (κ1) is 15.4. The van der Waals surface area contributed by atoms with Crippen LogP contribution in [0.5, 0.6) is 5.75 Å². The Labute approximate surface area is 134 Å². The minimum Gasteiger partial charge on any atom is -0.486 e. The van der Waals surface area contributed by atoms with Gasteiger partial charge in [-0.2, -0.15) is 0 Å². The number of hydrogen-bond acceptors (Lipinski definition) is 6. The fraction of sp³-hybridized carbons (Fsp3) is 0.467. The molecule has 0 aliphatic carbocycles. The molecule has 1 saturated heterocycles. The lowest BCUT2D eigenvalue weighted by atomic mass is 10.1. The molecule has 2 heterocycles. The van der Waals surface area contributed by atoms with Crippen molar-refractivity contribution in [3.8, 4) is 5.75 Å². The Balaban J connectivity index is 1.52. The van der Waals surface area contributed by atoms with Gasteiger partial charge >= 0.3 is 0 Å². The van der Waals surface area contributed by atoms with E-state index in [4.69, 9.17) is 9.47 Å². The monoisotopic (exact) mass is 317 g/mol. The third-order valence-corrected chi connectivity index (χ3v) is 3.72. The van der Waals surface area contributed by atoms with Gasteiger partial charge < -0.3 is 14.4 Å². The number of morpholine rings is 1. The molecule has 3 rings (SSSR count). The summed E-state index contributed by atoms with van der Waals surface area (Å²) in [6.45, 7) is 2.89. The van der Waals surface area contributed by atoms with Gasteiger partial charge in [0.25, 0.3) is 0 Å². The summed E-state index contributed by atoms with van der Waals surface area (Å²) in [6.07, 6.45) is 0.396. The fourth-order valence-electron chi connectivity index (χ4n) is 2.32. The second-order valence-corrected chi connectivity index (χ2v) is 5.32. The van der Waals surface area contributed by atoms with Crippen molar-refractivity contribution in [3.63, 3.8) is 0 Å². The zero-order valence-electron chi connectivity index (χ0n) is 13.0. The second kappa shape index (κ2) is 7.19. The molecule has 2 aromatic rings. The van der Waals surface area contributed by atoms with Crippen LogP contribution < -0.4 is 4.74 Å². The van der Waals surface area contributed by atoms with Gasteiger partial charge in [0.2, 0.25) is 5.91 Å². The van der Waals surface area contributed by atoms with Crippen LogP contribution in [0.1, 0.15) is 11.4 Å². The summed E-state index contributed by atoms with van der Waals surface area (Å²) >= 11 is 0. The summed E-state index contributed by atoms with van der Waals surface area (Å²) in [7, 11) is 1.76. The van der Waals surface area contributed by atoms with Crippen molar-refractivity contribution in [1.82, 2.24) is 25.1 Å². The molecule has 0 spiro atoms. The smallest absolute Gasteiger partial charge is 0.227 e. The highest BCUT2D eigenvalue weighted by molar-refractivity contribution is 5.78. The van der Waals surface area contributed by atoms with Crippen LogP contribution in [0.4, 0.5) is 0 Å². The molecule has 1 amide bonds. The van der Waals surface area contributed by atoms with Crippen molar-refractivity contribution in [2.45, 2.75) is 13.0 Å². The van der Waals surface area contributed by atoms with Gasteiger partial charge in [-0.3, -0.25) is 4.79 Å². The summed E-state index contributed by atoms with van der Waals surface area (Å²) in [6, 6.07) is 7.52. The Bertz CT molecular complexity index is 649. The minimum atomic E-state index is 0.132. The molecule has 0 bridgehead atoms. The second-order valence-electron chi connectivity index (χ2n) is 5.32. The Kier molecular flexibility index (Phi) is 4.82. The van der Waals surface area contributed by atoms with Crippen molar-refractivity contribution in [2.75, 3.05) is 26.3 Å². The first-order chi connectivity index (χ1) is 11.2. The maximum absolute atomic E-state index is 12.2. The van der Waals surface area contributed by atoms with Crippen molar-refractivity contribution in [3.05, 3.63) is 35.7 Å². The highest BCUT2D eigenvalue weighted by Crippen LogP contribution is 2.14. The van der Waals surface area contributed by atoms with Crippen molar-refractivity contribution in [1.29, 1.82) is 0 Å². The average Bonchev–Trinajstić information content (AvgIpc) is 3.00. The standard InChI is InChI=1S/C15H19N5O3/c1-19-14(16-17-18-19)11-23-13-4-2-12(3-5-13)10-15(21)20-6-8-22-9-7-20/h2-5H,6-11H2,1H3. The van der Waals surface area contributed by atoms with E-state index in [1.807, 2.05) is 29.2 Å². The fourth-order valence-corrected chi connectivity index (χ4v) is 2.32. The SMILES string of the molecule is Cn1nnnc1COc1ccc(CC(=O)N2CCOCC2)cc1. The van der Waals surface area contributed by atoms with Gasteiger partial charge in [-0.1, -0.05) is 12.1 Å². The van der Waals surface area contributed by atoms with E-state index in [-0.39, 0.29) is 5.91 Å². The number of carbonyl (C=O) groups excluding carboxylic acids is 1. The normalized spacial score (nSPS) is 14.7. The van der Waals surface area contributed by atoms with E-state index < -0.39 is 0 Å². The van der Waals surface area contributed by atoms with Gasteiger partial charge in [-0.25, -0.2) is 4.68 Å². The molecule has 8 heteroatoms. The lowest BCUT2D eigenvalue weighted by molar-refractivity contribution is -0.134. The van der Waals surface area contributed by atoms with E-state index in [1.54, 1.807) is 11.7 Å². The van der Waals surface area contributed by atoms with Crippen molar-refractivity contribution < 1.29 is 14.3 Å². The maximum Gasteiger partial charge on any atom is 0.227 e. The number of nitrogens with zero attached hydrogens (tertiary/aromatic N) is 5.